The van der Waals surface area contributed by atoms with Crippen LogP contribution in [0.5, 0.6) is 5.75 Å². The molecule has 0 bridgehead atoms. The summed E-state index contributed by atoms with van der Waals surface area (Å²) in [6, 6.07) is 11.2. The Balaban J connectivity index is 0.000000194. The number of hydrogen-bond acceptors (Lipinski definition) is 14. The molecule has 1 fully saturated rings. The maximum atomic E-state index is 13.4. The summed E-state index contributed by atoms with van der Waals surface area (Å²) in [5.74, 6) is 0.709. The zero-order valence-corrected chi connectivity index (χ0v) is 38.5. The molecule has 2 aromatic carbocycles. The average Bonchev–Trinajstić information content (AvgIpc) is 3.79. The number of pyridine rings is 1. The number of likely N-dealkylation sites (tertiary alicyclic amines) is 1. The quantitative estimate of drug-likeness (QED) is 0.0792. The SMILES string of the molecule is Cc1nc2n(c(=O)c1CCN1CCC(c3noc4cc(F)ccc34)CC1)CCCC2.Nc1nc2ccc(OC(F)(F)F)cc2s1.O=P([O-])(O)C(O)(Cc1cccnc1)P(=O)(O)O.[Na+]. The predicted molar refractivity (Wildman–Crippen MR) is 218 cm³/mol. The molecule has 2 unspecified atom stereocenters. The number of aliphatic hydroxyl groups is 1. The van der Waals surface area contributed by atoms with E-state index in [1.165, 1.54) is 48.7 Å². The Morgan fingerprint density at radius 2 is 1.78 bits per heavy atom. The van der Waals surface area contributed by atoms with Gasteiger partial charge in [0.25, 0.3) is 5.56 Å². The van der Waals surface area contributed by atoms with Crippen LogP contribution in [0.1, 0.15) is 59.9 Å². The van der Waals surface area contributed by atoms with Crippen LogP contribution in [0.2, 0.25) is 0 Å². The summed E-state index contributed by atoms with van der Waals surface area (Å²) >= 11 is 1.11. The first-order chi connectivity index (χ1) is 29.1. The van der Waals surface area contributed by atoms with E-state index in [1.54, 1.807) is 6.07 Å². The van der Waals surface area contributed by atoms with Gasteiger partial charge >= 0.3 is 43.5 Å². The minimum atomic E-state index is -5.66. The van der Waals surface area contributed by atoms with Crippen LogP contribution < -0.4 is 50.5 Å². The van der Waals surface area contributed by atoms with Crippen LogP contribution in [0.3, 0.4) is 0 Å². The summed E-state index contributed by atoms with van der Waals surface area (Å²) in [5, 5.41) is 11.4. The van der Waals surface area contributed by atoms with Gasteiger partial charge in [0, 0.05) is 73.0 Å². The van der Waals surface area contributed by atoms with Gasteiger partial charge < -0.3 is 49.1 Å². The Bertz CT molecular complexity index is 2650. The molecule has 0 spiro atoms. The van der Waals surface area contributed by atoms with Crippen LogP contribution in [-0.4, -0.2) is 80.4 Å². The third kappa shape index (κ3) is 12.6. The van der Waals surface area contributed by atoms with Crippen molar-refractivity contribution in [3.8, 4) is 5.75 Å². The smallest absolute Gasteiger partial charge is 0.776 e. The monoisotopic (exact) mass is 949 g/mol. The number of thiazole rings is 1. The minimum Gasteiger partial charge on any atom is -0.776 e. The molecule has 0 aliphatic carbocycles. The van der Waals surface area contributed by atoms with Crippen molar-refractivity contribution in [3.05, 3.63) is 105 Å². The molecular formula is C38H42F4N7NaO10P2S. The molecule has 1 saturated heterocycles. The van der Waals surface area contributed by atoms with E-state index < -0.39 is 33.1 Å². The number of hydrogen-bond donors (Lipinski definition) is 5. The molecule has 25 heteroatoms. The molecule has 6 heterocycles. The number of piperidine rings is 1. The van der Waals surface area contributed by atoms with Crippen molar-refractivity contribution in [2.45, 2.75) is 75.8 Å². The number of nitrogen functional groups attached to an aromatic ring is 1. The Kier molecular flexibility index (Phi) is 16.5. The van der Waals surface area contributed by atoms with E-state index in [4.69, 9.17) is 29.9 Å². The summed E-state index contributed by atoms with van der Waals surface area (Å²) in [6.07, 6.45) is 2.66. The Morgan fingerprint density at radius 3 is 2.43 bits per heavy atom. The molecule has 2 atom stereocenters. The summed E-state index contributed by atoms with van der Waals surface area (Å²) in [4.78, 5) is 64.9. The van der Waals surface area contributed by atoms with E-state index in [0.717, 1.165) is 110 Å². The van der Waals surface area contributed by atoms with Gasteiger partial charge in [0.1, 0.15) is 17.4 Å². The van der Waals surface area contributed by atoms with Crippen LogP contribution in [0.15, 0.2) is 70.2 Å². The largest absolute Gasteiger partial charge is 1.00 e. The number of ether oxygens (including phenoxy) is 1. The van der Waals surface area contributed by atoms with Gasteiger partial charge in [-0.05, 0) is 88.0 Å². The number of aryl methyl sites for hydroxylation is 2. The summed E-state index contributed by atoms with van der Waals surface area (Å²) in [7, 11) is -11.1. The molecule has 0 radical (unpaired) electrons. The van der Waals surface area contributed by atoms with Crippen LogP contribution in [0, 0.1) is 12.7 Å². The van der Waals surface area contributed by atoms with Gasteiger partial charge in [0.05, 0.1) is 15.9 Å². The van der Waals surface area contributed by atoms with E-state index in [1.807, 2.05) is 11.5 Å². The van der Waals surface area contributed by atoms with Gasteiger partial charge in [-0.15, -0.1) is 13.2 Å². The summed E-state index contributed by atoms with van der Waals surface area (Å²) in [6.45, 7) is 5.55. The molecule has 334 valence electrons. The molecule has 6 aromatic rings. The fraction of sp³-hybridized carbons (Fsp3) is 0.395. The molecule has 2 aliphatic heterocycles. The van der Waals surface area contributed by atoms with E-state index in [0.29, 0.717) is 26.8 Å². The van der Waals surface area contributed by atoms with Crippen molar-refractivity contribution in [3.63, 3.8) is 0 Å². The van der Waals surface area contributed by atoms with Gasteiger partial charge in [-0.25, -0.2) is 14.4 Å². The maximum Gasteiger partial charge on any atom is 1.00 e. The van der Waals surface area contributed by atoms with Gasteiger partial charge in [-0.1, -0.05) is 22.6 Å². The van der Waals surface area contributed by atoms with E-state index in [9.17, 15) is 41.5 Å². The normalized spacial score (nSPS) is 16.7. The second-order valence-electron chi connectivity index (χ2n) is 14.7. The van der Waals surface area contributed by atoms with Crippen molar-refractivity contribution in [2.75, 3.05) is 25.4 Å². The van der Waals surface area contributed by atoms with Crippen LogP contribution in [-0.2, 0) is 34.9 Å². The standard InChI is InChI=1S/C23H27FN4O2.C8H5F3N2OS.C7H11NO7P2.Na/c1-15-18(23(29)28-10-3-2-4-21(28)25-15)9-13-27-11-7-16(8-12-27)22-19-6-5-17(24)14-20(19)30-26-22;9-8(10,11)14-4-1-2-5-6(3-4)15-7(12)13-5;9-7(16(10,11)12,17(13,14)15)4-6-2-1-3-8-5-6;/h5-6,14,16H,2-4,7-13H2,1H3;1-3H,(H2,12,13);1-3,5,9H,4H2,(H2,10,11,12)(H2,13,14,15);/q;;;+1/p-1. The second-order valence-corrected chi connectivity index (χ2v) is 19.7. The fourth-order valence-electron chi connectivity index (χ4n) is 7.21. The van der Waals surface area contributed by atoms with Crippen molar-refractivity contribution < 1.29 is 90.2 Å². The number of aromatic nitrogens is 5. The zero-order chi connectivity index (χ0) is 45.0. The molecule has 63 heavy (non-hydrogen) atoms. The third-order valence-electron chi connectivity index (χ3n) is 10.4. The number of alkyl halides is 3. The number of halogens is 4. The van der Waals surface area contributed by atoms with Crippen molar-refractivity contribution in [2.24, 2.45) is 0 Å². The Hall–Kier alpha value is -3.63. The Labute approximate surface area is 382 Å². The number of fused-ring (bicyclic) bond motifs is 3. The van der Waals surface area contributed by atoms with Crippen molar-refractivity contribution in [1.29, 1.82) is 0 Å². The summed E-state index contributed by atoms with van der Waals surface area (Å²) in [5.41, 5.74) is 9.41. The van der Waals surface area contributed by atoms with Crippen LogP contribution >= 0.6 is 26.5 Å². The van der Waals surface area contributed by atoms with Gasteiger partial charge in [0.2, 0.25) is 5.08 Å². The predicted octanol–water partition coefficient (Wildman–Crippen LogP) is 2.37. The molecular weight excluding hydrogens is 907 g/mol. The molecule has 8 rings (SSSR count). The van der Waals surface area contributed by atoms with E-state index in [2.05, 4.69) is 24.8 Å². The molecule has 2 aliphatic rings. The number of nitrogens with zero attached hydrogens (tertiary/aromatic N) is 6. The number of anilines is 1. The first-order valence-electron chi connectivity index (χ1n) is 19.1. The van der Waals surface area contributed by atoms with Gasteiger partial charge in [-0.2, -0.15) is 0 Å². The molecule has 6 N–H and O–H groups in total. The van der Waals surface area contributed by atoms with Crippen molar-refractivity contribution >= 4 is 52.8 Å². The first kappa shape index (κ1) is 50.4. The molecule has 4 aromatic heterocycles. The minimum absolute atomic E-state index is 0. The Morgan fingerprint density at radius 1 is 1.05 bits per heavy atom. The maximum absolute atomic E-state index is 13.4. The second kappa shape index (κ2) is 20.7. The number of nitrogens with two attached hydrogens (primary N) is 1. The van der Waals surface area contributed by atoms with Gasteiger partial charge in [-0.3, -0.25) is 18.9 Å². The van der Waals surface area contributed by atoms with Gasteiger partial charge in [0.15, 0.2) is 18.3 Å². The third-order valence-corrected chi connectivity index (χ3v) is 14.9. The zero-order valence-electron chi connectivity index (χ0n) is 33.9. The molecule has 0 saturated carbocycles. The van der Waals surface area contributed by atoms with Crippen molar-refractivity contribution in [1.82, 2.24) is 29.6 Å². The van der Waals surface area contributed by atoms with Crippen LogP contribution in [0.4, 0.5) is 22.7 Å². The number of benzene rings is 2. The average molecular weight is 950 g/mol. The topological polar surface area (TPSA) is 263 Å². The summed E-state index contributed by atoms with van der Waals surface area (Å²) < 4.78 is 82.5. The molecule has 0 amide bonds. The van der Waals surface area contributed by atoms with Crippen LogP contribution in [0.25, 0.3) is 21.2 Å². The van der Waals surface area contributed by atoms with E-state index in [-0.39, 0.29) is 52.2 Å². The fourth-order valence-corrected chi connectivity index (χ4v) is 10.1. The molecule has 17 nitrogen and oxygen atoms in total. The first-order valence-corrected chi connectivity index (χ1v) is 23.1. The van der Waals surface area contributed by atoms with E-state index >= 15 is 0 Å². The number of rotatable bonds is 9.